The van der Waals surface area contributed by atoms with Crippen LogP contribution in [0, 0.1) is 0 Å². The van der Waals surface area contributed by atoms with Gasteiger partial charge in [-0.25, -0.2) is 0 Å². The number of anilines is 6. The molecule has 0 fully saturated rings. The molecule has 0 spiro atoms. The van der Waals surface area contributed by atoms with Gasteiger partial charge in [-0.1, -0.05) is 198 Å². The smallest absolute Gasteiger partial charge is 0.0620 e. The van der Waals surface area contributed by atoms with Crippen molar-refractivity contribution in [3.05, 3.63) is 190 Å². The highest BCUT2D eigenvalue weighted by Crippen LogP contribution is 2.53. The molecule has 0 amide bonds. The fourth-order valence-electron chi connectivity index (χ4n) is 11.9. The van der Waals surface area contributed by atoms with Crippen LogP contribution in [0.5, 0.6) is 0 Å². The molecule has 0 atom stereocenters. The molecule has 0 unspecified atom stereocenters. The molecule has 0 heterocycles. The average Bonchev–Trinajstić information content (AvgIpc) is 3.66. The number of benzene rings is 8. The van der Waals surface area contributed by atoms with Gasteiger partial charge in [0.2, 0.25) is 0 Å². The predicted octanol–water partition coefficient (Wildman–Crippen LogP) is 23.3. The third kappa shape index (κ3) is 14.8. The van der Waals surface area contributed by atoms with Gasteiger partial charge in [-0.3, -0.25) is 0 Å². The molecule has 78 heavy (non-hydrogen) atoms. The second kappa shape index (κ2) is 29.7. The third-order valence-electron chi connectivity index (χ3n) is 16.3. The number of unbranched alkanes of at least 4 members (excludes halogenated alkanes) is 8. The molecule has 0 saturated heterocycles. The zero-order valence-corrected chi connectivity index (χ0v) is 49.7. The first-order chi connectivity index (χ1) is 38.3. The minimum absolute atomic E-state index is 1.08. The lowest BCUT2D eigenvalue weighted by atomic mass is 9.91. The van der Waals surface area contributed by atoms with Crippen molar-refractivity contribution < 1.29 is 0 Å². The number of aryl methyl sites for hydroxylation is 8. The number of nitrogens with zero attached hydrogens (tertiary/aromatic N) is 2. The molecule has 0 aliphatic carbocycles. The van der Waals surface area contributed by atoms with Crippen molar-refractivity contribution in [3.63, 3.8) is 0 Å². The topological polar surface area (TPSA) is 6.48 Å². The van der Waals surface area contributed by atoms with E-state index in [1.807, 2.05) is 0 Å². The van der Waals surface area contributed by atoms with Gasteiger partial charge in [0.25, 0.3) is 0 Å². The van der Waals surface area contributed by atoms with E-state index in [2.05, 4.69) is 211 Å². The molecule has 0 N–H and O–H groups in total. The summed E-state index contributed by atoms with van der Waals surface area (Å²) >= 11 is 0. The number of rotatable bonds is 31. The predicted molar refractivity (Wildman–Crippen MR) is 345 cm³/mol. The Kier molecular flexibility index (Phi) is 22.1. The maximum atomic E-state index is 2.74. The van der Waals surface area contributed by atoms with E-state index < -0.39 is 0 Å². The number of fused-ring (bicyclic) bond motifs is 2. The fourth-order valence-corrected chi connectivity index (χ4v) is 11.9. The highest BCUT2D eigenvalue weighted by atomic mass is 15.2. The SMILES string of the molecule is CCCCc1cc(CCCC)cc(N(c2cc(CCCC)cc(CCCC)c2)c2c3ccccc3c(N(c3cc(CCCC)cc(CCCC)c3)c3cc(CCCC)cc(CCCC)c3)c3cc(-c4ccccc4)ccc23)c1. The summed E-state index contributed by atoms with van der Waals surface area (Å²) in [7, 11) is 0. The minimum Gasteiger partial charge on any atom is -0.309 e. The van der Waals surface area contributed by atoms with Crippen LogP contribution in [0.2, 0.25) is 0 Å². The van der Waals surface area contributed by atoms with E-state index in [-0.39, 0.29) is 0 Å². The Balaban J connectivity index is 1.56. The Morgan fingerprint density at radius 1 is 0.231 bits per heavy atom. The quantitative estimate of drug-likeness (QED) is 0.0316. The van der Waals surface area contributed by atoms with E-state index in [1.54, 1.807) is 0 Å². The zero-order valence-electron chi connectivity index (χ0n) is 49.7. The first-order valence-corrected chi connectivity index (χ1v) is 31.5. The van der Waals surface area contributed by atoms with E-state index in [4.69, 9.17) is 0 Å². The Labute approximate surface area is 473 Å². The summed E-state index contributed by atoms with van der Waals surface area (Å²) < 4.78 is 0. The summed E-state index contributed by atoms with van der Waals surface area (Å²) in [5.74, 6) is 0. The highest BCUT2D eigenvalue weighted by Gasteiger charge is 2.28. The van der Waals surface area contributed by atoms with Crippen LogP contribution in [0.25, 0.3) is 32.7 Å². The van der Waals surface area contributed by atoms with Crippen LogP contribution in [-0.2, 0) is 51.4 Å². The zero-order chi connectivity index (χ0) is 54.6. The summed E-state index contributed by atoms with van der Waals surface area (Å²) in [4.78, 5) is 5.48. The Morgan fingerprint density at radius 3 is 0.769 bits per heavy atom. The molecule has 0 aromatic heterocycles. The van der Waals surface area contributed by atoms with Crippen LogP contribution in [0.4, 0.5) is 34.1 Å². The van der Waals surface area contributed by atoms with E-state index in [9.17, 15) is 0 Å². The molecule has 2 nitrogen and oxygen atoms in total. The molecular formula is C76H96N2. The molecule has 8 aromatic rings. The lowest BCUT2D eigenvalue weighted by Crippen LogP contribution is -2.16. The normalized spacial score (nSPS) is 11.5. The minimum atomic E-state index is 1.08. The molecule has 0 radical (unpaired) electrons. The van der Waals surface area contributed by atoms with Crippen LogP contribution in [0.3, 0.4) is 0 Å². The van der Waals surface area contributed by atoms with Gasteiger partial charge in [0.1, 0.15) is 0 Å². The van der Waals surface area contributed by atoms with Gasteiger partial charge in [-0.05, 0) is 213 Å². The second-order valence-corrected chi connectivity index (χ2v) is 22.9. The molecule has 0 aliphatic rings. The van der Waals surface area contributed by atoms with Crippen molar-refractivity contribution in [1.82, 2.24) is 0 Å². The largest absolute Gasteiger partial charge is 0.309 e. The summed E-state index contributed by atoms with van der Waals surface area (Å²) in [5, 5.41) is 5.11. The van der Waals surface area contributed by atoms with Gasteiger partial charge >= 0.3 is 0 Å². The molecule has 8 aromatic carbocycles. The summed E-state index contributed by atoms with van der Waals surface area (Å²) in [6, 6.07) is 58.8. The van der Waals surface area contributed by atoms with Gasteiger partial charge in [0, 0.05) is 44.3 Å². The first-order valence-electron chi connectivity index (χ1n) is 31.5. The van der Waals surface area contributed by atoms with Gasteiger partial charge in [-0.15, -0.1) is 0 Å². The molecular weight excluding hydrogens is 941 g/mol. The fraction of sp³-hybridized carbons (Fsp3) is 0.421. The number of hydrogen-bond acceptors (Lipinski definition) is 2. The van der Waals surface area contributed by atoms with Crippen LogP contribution in [0.15, 0.2) is 146 Å². The van der Waals surface area contributed by atoms with Crippen molar-refractivity contribution in [3.8, 4) is 11.1 Å². The Bertz CT molecular complexity index is 2910. The lowest BCUT2D eigenvalue weighted by molar-refractivity contribution is 0.779. The monoisotopic (exact) mass is 1040 g/mol. The van der Waals surface area contributed by atoms with Gasteiger partial charge < -0.3 is 9.80 Å². The Hall–Kier alpha value is -6.12. The maximum Gasteiger partial charge on any atom is 0.0620 e. The van der Waals surface area contributed by atoms with Gasteiger partial charge in [-0.2, -0.15) is 0 Å². The third-order valence-corrected chi connectivity index (χ3v) is 16.3. The van der Waals surface area contributed by atoms with Crippen molar-refractivity contribution in [2.24, 2.45) is 0 Å². The average molecular weight is 1040 g/mol. The van der Waals surface area contributed by atoms with Crippen LogP contribution in [0.1, 0.15) is 203 Å². The first kappa shape index (κ1) is 58.0. The summed E-state index contributed by atoms with van der Waals surface area (Å²) in [5.41, 5.74) is 21.7. The molecule has 0 saturated carbocycles. The van der Waals surface area contributed by atoms with E-state index in [1.165, 1.54) is 214 Å². The van der Waals surface area contributed by atoms with E-state index in [0.717, 1.165) is 51.4 Å². The maximum absolute atomic E-state index is 2.74. The Morgan fingerprint density at radius 2 is 0.487 bits per heavy atom. The van der Waals surface area contributed by atoms with Gasteiger partial charge in [0.15, 0.2) is 0 Å². The second-order valence-electron chi connectivity index (χ2n) is 22.9. The molecule has 8 rings (SSSR count). The lowest BCUT2D eigenvalue weighted by Gasteiger charge is -2.34. The van der Waals surface area contributed by atoms with E-state index >= 15 is 0 Å². The highest BCUT2D eigenvalue weighted by molar-refractivity contribution is 6.24. The standard InChI is InChI=1S/C76H96N2/c1-9-17-30-57-44-58(31-18-10-2)49-67(48-57)77(68-50-59(32-19-11-3)45-60(51-68)33-20-12-4)75-71-40-28-29-41-72(71)76(74-56-66(42-43-73(74)75)65-38-26-25-27-39-65)78(69-52-61(34-21-13-5)46-62(53-69)35-22-14-6)70-54-63(36-23-15-7)47-64(55-70)37-24-16-8/h25-29,38-56H,9-24,30-37H2,1-8H3. The van der Waals surface area contributed by atoms with Crippen LogP contribution in [-0.4, -0.2) is 0 Å². The van der Waals surface area contributed by atoms with Crippen molar-refractivity contribution in [2.75, 3.05) is 9.80 Å². The molecule has 0 aliphatic heterocycles. The summed E-state index contributed by atoms with van der Waals surface area (Å²) in [6.45, 7) is 18.7. The number of hydrogen-bond donors (Lipinski definition) is 0. The molecule has 2 heteroatoms. The van der Waals surface area contributed by atoms with Crippen molar-refractivity contribution in [2.45, 2.75) is 209 Å². The van der Waals surface area contributed by atoms with Crippen molar-refractivity contribution >= 4 is 55.7 Å². The van der Waals surface area contributed by atoms with Crippen molar-refractivity contribution in [1.29, 1.82) is 0 Å². The van der Waals surface area contributed by atoms with Crippen LogP contribution >= 0.6 is 0 Å². The van der Waals surface area contributed by atoms with E-state index in [0.29, 0.717) is 0 Å². The molecule has 0 bridgehead atoms. The summed E-state index contributed by atoms with van der Waals surface area (Å²) in [6.07, 6.45) is 27.5. The van der Waals surface area contributed by atoms with Crippen LogP contribution < -0.4 is 9.80 Å². The molecule has 410 valence electrons. The van der Waals surface area contributed by atoms with Gasteiger partial charge in [0.05, 0.1) is 11.4 Å².